The van der Waals surface area contributed by atoms with Gasteiger partial charge in [-0.2, -0.15) is 4.31 Å². The van der Waals surface area contributed by atoms with E-state index in [2.05, 4.69) is 10.3 Å². The van der Waals surface area contributed by atoms with Gasteiger partial charge in [-0.25, -0.2) is 13.4 Å². The van der Waals surface area contributed by atoms with Crippen LogP contribution in [0.15, 0.2) is 47.5 Å². The minimum Gasteiger partial charge on any atom is -0.475 e. The monoisotopic (exact) mass is 421 g/mol. The Morgan fingerprint density at radius 2 is 1.79 bits per heavy atom. The highest BCUT2D eigenvalue weighted by atomic mass is 32.2. The molecule has 2 rings (SSSR count). The van der Waals surface area contributed by atoms with Crippen LogP contribution in [0, 0.1) is 0 Å². The van der Waals surface area contributed by atoms with Gasteiger partial charge in [0, 0.05) is 32.9 Å². The van der Waals surface area contributed by atoms with Crippen LogP contribution in [0.4, 0.5) is 0 Å². The predicted octanol–water partition coefficient (Wildman–Crippen LogP) is 2.07. The second-order valence-corrected chi connectivity index (χ2v) is 8.05. The summed E-state index contributed by atoms with van der Waals surface area (Å²) < 4.78 is 36.9. The summed E-state index contributed by atoms with van der Waals surface area (Å²) in [5.41, 5.74) is 1.10. The molecule has 1 N–H and O–H groups in total. The Labute approximate surface area is 171 Å². The van der Waals surface area contributed by atoms with Gasteiger partial charge in [0.1, 0.15) is 12.2 Å². The number of carbonyl (C=O) groups excluding carboxylic acids is 1. The van der Waals surface area contributed by atoms with Gasteiger partial charge in [0.05, 0.1) is 11.5 Å². The number of aromatic nitrogens is 1. The van der Waals surface area contributed by atoms with E-state index < -0.39 is 10.0 Å². The minimum absolute atomic E-state index is 0.234. The molecule has 9 heteroatoms. The van der Waals surface area contributed by atoms with Gasteiger partial charge in [-0.3, -0.25) is 4.79 Å². The lowest BCUT2D eigenvalue weighted by atomic mass is 10.2. The van der Waals surface area contributed by atoms with Crippen molar-refractivity contribution < 1.29 is 22.7 Å². The SMILES string of the molecule is CCN(CC)S(=O)(=O)c1ccc(CNC(=O)c2cccnc2OCCOC)cc1. The average molecular weight is 422 g/mol. The van der Waals surface area contributed by atoms with Gasteiger partial charge in [0.2, 0.25) is 15.9 Å². The Morgan fingerprint density at radius 1 is 1.10 bits per heavy atom. The number of sulfonamides is 1. The molecule has 0 spiro atoms. The van der Waals surface area contributed by atoms with E-state index in [-0.39, 0.29) is 29.8 Å². The first-order valence-corrected chi connectivity index (χ1v) is 10.8. The van der Waals surface area contributed by atoms with Crippen LogP contribution in [0.25, 0.3) is 0 Å². The lowest BCUT2D eigenvalue weighted by Crippen LogP contribution is -2.30. The number of amides is 1. The molecule has 158 valence electrons. The molecule has 0 saturated carbocycles. The summed E-state index contributed by atoms with van der Waals surface area (Å²) in [5.74, 6) is -0.0898. The molecule has 1 aromatic carbocycles. The van der Waals surface area contributed by atoms with Gasteiger partial charge in [-0.15, -0.1) is 0 Å². The van der Waals surface area contributed by atoms with E-state index in [0.29, 0.717) is 25.3 Å². The summed E-state index contributed by atoms with van der Waals surface area (Å²) in [6.07, 6.45) is 1.55. The largest absolute Gasteiger partial charge is 0.475 e. The highest BCUT2D eigenvalue weighted by molar-refractivity contribution is 7.89. The van der Waals surface area contributed by atoms with Crippen LogP contribution >= 0.6 is 0 Å². The van der Waals surface area contributed by atoms with Gasteiger partial charge in [-0.1, -0.05) is 26.0 Å². The fourth-order valence-electron chi connectivity index (χ4n) is 2.67. The molecule has 1 aromatic heterocycles. The van der Waals surface area contributed by atoms with Gasteiger partial charge in [-0.05, 0) is 29.8 Å². The summed E-state index contributed by atoms with van der Waals surface area (Å²) in [6, 6.07) is 9.78. The van der Waals surface area contributed by atoms with Crippen molar-refractivity contribution in [3.8, 4) is 5.88 Å². The molecule has 0 bridgehead atoms. The number of rotatable bonds is 11. The number of carbonyl (C=O) groups is 1. The Balaban J connectivity index is 2.03. The molecule has 0 aliphatic carbocycles. The minimum atomic E-state index is -3.50. The highest BCUT2D eigenvalue weighted by Gasteiger charge is 2.21. The number of benzene rings is 1. The van der Waals surface area contributed by atoms with E-state index in [1.165, 1.54) is 4.31 Å². The van der Waals surface area contributed by atoms with Gasteiger partial charge < -0.3 is 14.8 Å². The summed E-state index contributed by atoms with van der Waals surface area (Å²) in [7, 11) is -1.93. The molecule has 1 amide bonds. The Morgan fingerprint density at radius 3 is 2.41 bits per heavy atom. The third kappa shape index (κ3) is 5.99. The molecule has 1 heterocycles. The zero-order valence-corrected chi connectivity index (χ0v) is 17.7. The summed E-state index contributed by atoms with van der Waals surface area (Å²) in [5, 5.41) is 2.80. The topological polar surface area (TPSA) is 97.8 Å². The number of ether oxygens (including phenoxy) is 2. The van der Waals surface area contributed by atoms with Gasteiger partial charge in [0.15, 0.2) is 0 Å². The van der Waals surface area contributed by atoms with Crippen molar-refractivity contribution in [1.82, 2.24) is 14.6 Å². The van der Waals surface area contributed by atoms with Crippen molar-refractivity contribution >= 4 is 15.9 Å². The molecule has 8 nitrogen and oxygen atoms in total. The van der Waals surface area contributed by atoms with Crippen LogP contribution in [0.3, 0.4) is 0 Å². The standard InChI is InChI=1S/C20H27N3O5S/c1-4-23(5-2)29(25,26)17-10-8-16(9-11-17)15-22-19(24)18-7-6-12-21-20(18)28-14-13-27-3/h6-12H,4-5,13-15H2,1-3H3,(H,22,24). The fraction of sp³-hybridized carbons (Fsp3) is 0.400. The van der Waals surface area contributed by atoms with Crippen LogP contribution in [0.5, 0.6) is 5.88 Å². The Bertz CT molecular complexity index is 897. The second kappa shape index (κ2) is 10.9. The van der Waals surface area contributed by atoms with Gasteiger partial charge in [0.25, 0.3) is 5.91 Å². The normalized spacial score (nSPS) is 11.4. The van der Waals surface area contributed by atoms with Crippen molar-refractivity contribution in [1.29, 1.82) is 0 Å². The van der Waals surface area contributed by atoms with E-state index in [9.17, 15) is 13.2 Å². The molecule has 2 aromatic rings. The highest BCUT2D eigenvalue weighted by Crippen LogP contribution is 2.17. The number of nitrogens with one attached hydrogen (secondary N) is 1. The maximum Gasteiger partial charge on any atom is 0.257 e. The van der Waals surface area contributed by atoms with Crippen molar-refractivity contribution in [3.63, 3.8) is 0 Å². The molecule has 0 atom stereocenters. The third-order valence-electron chi connectivity index (χ3n) is 4.26. The van der Waals surface area contributed by atoms with E-state index in [0.717, 1.165) is 5.56 Å². The predicted molar refractivity (Wildman–Crippen MR) is 109 cm³/mol. The lowest BCUT2D eigenvalue weighted by molar-refractivity contribution is 0.0941. The molecular weight excluding hydrogens is 394 g/mol. The van der Waals surface area contributed by atoms with Crippen LogP contribution in [-0.2, 0) is 21.3 Å². The van der Waals surface area contributed by atoms with Crippen molar-refractivity contribution in [2.24, 2.45) is 0 Å². The first kappa shape index (κ1) is 22.8. The van der Waals surface area contributed by atoms with E-state index in [4.69, 9.17) is 9.47 Å². The third-order valence-corrected chi connectivity index (χ3v) is 6.33. The maximum absolute atomic E-state index is 12.5. The lowest BCUT2D eigenvalue weighted by Gasteiger charge is -2.18. The quantitative estimate of drug-likeness (QED) is 0.558. The summed E-state index contributed by atoms with van der Waals surface area (Å²) >= 11 is 0. The molecule has 29 heavy (non-hydrogen) atoms. The summed E-state index contributed by atoms with van der Waals surface area (Å²) in [4.78, 5) is 16.8. The Hall–Kier alpha value is -2.49. The first-order valence-electron chi connectivity index (χ1n) is 9.38. The first-order chi connectivity index (χ1) is 13.9. The molecule has 0 aliphatic heterocycles. The fourth-order valence-corrected chi connectivity index (χ4v) is 4.13. The number of hydrogen-bond donors (Lipinski definition) is 1. The number of hydrogen-bond acceptors (Lipinski definition) is 6. The average Bonchev–Trinajstić information content (AvgIpc) is 2.73. The van der Waals surface area contributed by atoms with E-state index in [1.54, 1.807) is 63.6 Å². The van der Waals surface area contributed by atoms with Gasteiger partial charge >= 0.3 is 0 Å². The van der Waals surface area contributed by atoms with Crippen molar-refractivity contribution in [2.45, 2.75) is 25.3 Å². The van der Waals surface area contributed by atoms with E-state index >= 15 is 0 Å². The van der Waals surface area contributed by atoms with Crippen LogP contribution in [-0.4, -0.2) is 57.0 Å². The molecule has 0 saturated heterocycles. The van der Waals surface area contributed by atoms with Crippen molar-refractivity contribution in [3.05, 3.63) is 53.7 Å². The number of methoxy groups -OCH3 is 1. The molecular formula is C20H27N3O5S. The number of nitrogens with zero attached hydrogens (tertiary/aromatic N) is 2. The van der Waals surface area contributed by atoms with Crippen LogP contribution in [0.1, 0.15) is 29.8 Å². The summed E-state index contributed by atoms with van der Waals surface area (Å²) in [6.45, 7) is 5.36. The Kier molecular flexibility index (Phi) is 8.56. The second-order valence-electron chi connectivity index (χ2n) is 6.11. The van der Waals surface area contributed by atoms with E-state index in [1.807, 2.05) is 0 Å². The smallest absolute Gasteiger partial charge is 0.257 e. The zero-order valence-electron chi connectivity index (χ0n) is 16.9. The maximum atomic E-state index is 12.5. The van der Waals surface area contributed by atoms with Crippen LogP contribution in [0.2, 0.25) is 0 Å². The molecule has 0 aliphatic rings. The zero-order chi connectivity index (χ0) is 21.3. The van der Waals surface area contributed by atoms with Crippen LogP contribution < -0.4 is 10.1 Å². The molecule has 0 fully saturated rings. The van der Waals surface area contributed by atoms with Crippen molar-refractivity contribution in [2.75, 3.05) is 33.4 Å². The number of pyridine rings is 1. The molecule has 0 radical (unpaired) electrons. The molecule has 0 unspecified atom stereocenters.